The van der Waals surface area contributed by atoms with Crippen molar-refractivity contribution in [2.45, 2.75) is 52.6 Å². The fourth-order valence-electron chi connectivity index (χ4n) is 5.92. The SMILES string of the molecule is COc1ccc(C(=O)O)cc1-c1cccc(COc2cc3c(c(C)c2C)C(=O)C(C2CCCC2)C3)c1. The molecule has 0 bridgehead atoms. The van der Waals surface area contributed by atoms with Crippen molar-refractivity contribution in [3.05, 3.63) is 81.9 Å². The zero-order chi connectivity index (χ0) is 25.4. The lowest BCUT2D eigenvalue weighted by molar-refractivity contribution is 0.0696. The highest BCUT2D eigenvalue weighted by Gasteiger charge is 2.39. The van der Waals surface area contributed by atoms with Crippen LogP contribution in [0.3, 0.4) is 0 Å². The van der Waals surface area contributed by atoms with Crippen LogP contribution >= 0.6 is 0 Å². The smallest absolute Gasteiger partial charge is 0.335 e. The molecule has 186 valence electrons. The molecule has 2 aliphatic carbocycles. The van der Waals surface area contributed by atoms with Gasteiger partial charge in [-0.2, -0.15) is 0 Å². The van der Waals surface area contributed by atoms with E-state index < -0.39 is 5.97 Å². The summed E-state index contributed by atoms with van der Waals surface area (Å²) in [5.74, 6) is 1.44. The molecular weight excluding hydrogens is 452 g/mol. The van der Waals surface area contributed by atoms with Crippen molar-refractivity contribution in [2.75, 3.05) is 7.11 Å². The molecule has 2 aliphatic rings. The van der Waals surface area contributed by atoms with Crippen LogP contribution in [0.1, 0.15) is 68.7 Å². The van der Waals surface area contributed by atoms with E-state index in [2.05, 4.69) is 6.07 Å². The third-order valence-corrected chi connectivity index (χ3v) is 8.00. The fraction of sp³-hybridized carbons (Fsp3) is 0.355. The molecule has 1 atom stereocenters. The number of hydrogen-bond donors (Lipinski definition) is 1. The molecule has 1 fully saturated rings. The van der Waals surface area contributed by atoms with Gasteiger partial charge in [-0.3, -0.25) is 4.79 Å². The van der Waals surface area contributed by atoms with E-state index in [-0.39, 0.29) is 11.5 Å². The van der Waals surface area contributed by atoms with E-state index >= 15 is 0 Å². The van der Waals surface area contributed by atoms with Gasteiger partial charge in [-0.05, 0) is 97.2 Å². The summed E-state index contributed by atoms with van der Waals surface area (Å²) in [5, 5.41) is 9.41. The van der Waals surface area contributed by atoms with Crippen LogP contribution < -0.4 is 9.47 Å². The van der Waals surface area contributed by atoms with Gasteiger partial charge in [0.1, 0.15) is 18.1 Å². The predicted molar refractivity (Wildman–Crippen MR) is 139 cm³/mol. The molecule has 0 aromatic heterocycles. The van der Waals surface area contributed by atoms with E-state index in [1.165, 1.54) is 25.7 Å². The van der Waals surface area contributed by atoms with E-state index in [9.17, 15) is 14.7 Å². The highest BCUT2D eigenvalue weighted by molar-refractivity contribution is 6.04. The molecule has 0 radical (unpaired) electrons. The van der Waals surface area contributed by atoms with Crippen LogP contribution in [0.25, 0.3) is 11.1 Å². The number of carboxylic acids is 1. The number of carbonyl (C=O) groups excluding carboxylic acids is 1. The number of ketones is 1. The van der Waals surface area contributed by atoms with Crippen molar-refractivity contribution in [3.8, 4) is 22.6 Å². The van der Waals surface area contributed by atoms with E-state index in [4.69, 9.17) is 9.47 Å². The molecule has 0 aliphatic heterocycles. The van der Waals surface area contributed by atoms with Crippen LogP contribution in [0.2, 0.25) is 0 Å². The van der Waals surface area contributed by atoms with E-state index in [0.717, 1.165) is 51.1 Å². The topological polar surface area (TPSA) is 72.8 Å². The van der Waals surface area contributed by atoms with Crippen molar-refractivity contribution in [1.29, 1.82) is 0 Å². The molecule has 0 heterocycles. The maximum atomic E-state index is 13.3. The first-order valence-corrected chi connectivity index (χ1v) is 12.7. The Hall–Kier alpha value is -3.60. The van der Waals surface area contributed by atoms with Gasteiger partial charge in [-0.1, -0.05) is 31.0 Å². The van der Waals surface area contributed by atoms with Crippen molar-refractivity contribution in [3.63, 3.8) is 0 Å². The average Bonchev–Trinajstić information content (AvgIpc) is 3.53. The quantitative estimate of drug-likeness (QED) is 0.399. The minimum atomic E-state index is -0.977. The number of methoxy groups -OCH3 is 1. The number of aromatic carboxylic acids is 1. The number of benzene rings is 3. The number of Topliss-reactive ketones (excluding diaryl/α,β-unsaturated/α-hetero) is 1. The van der Waals surface area contributed by atoms with Crippen LogP contribution in [0.4, 0.5) is 0 Å². The maximum absolute atomic E-state index is 13.3. The summed E-state index contributed by atoms with van der Waals surface area (Å²) in [7, 11) is 1.58. The molecule has 1 N–H and O–H groups in total. The minimum absolute atomic E-state index is 0.129. The first-order chi connectivity index (χ1) is 17.4. The van der Waals surface area contributed by atoms with Crippen molar-refractivity contribution in [1.82, 2.24) is 0 Å². The molecule has 3 aromatic rings. The minimum Gasteiger partial charge on any atom is -0.496 e. The molecule has 0 spiro atoms. The van der Waals surface area contributed by atoms with Gasteiger partial charge < -0.3 is 14.6 Å². The summed E-state index contributed by atoms with van der Waals surface area (Å²) in [5.41, 5.74) is 6.86. The molecule has 36 heavy (non-hydrogen) atoms. The molecule has 1 saturated carbocycles. The number of rotatable bonds is 7. The fourth-order valence-corrected chi connectivity index (χ4v) is 5.92. The summed E-state index contributed by atoms with van der Waals surface area (Å²) in [4.78, 5) is 24.7. The highest BCUT2D eigenvalue weighted by atomic mass is 16.5. The summed E-state index contributed by atoms with van der Waals surface area (Å²) in [6.07, 6.45) is 5.64. The molecular formula is C31H32O5. The van der Waals surface area contributed by atoms with Crippen molar-refractivity contribution in [2.24, 2.45) is 11.8 Å². The Labute approximate surface area is 212 Å². The van der Waals surface area contributed by atoms with Crippen LogP contribution in [0.15, 0.2) is 48.5 Å². The van der Waals surface area contributed by atoms with Gasteiger partial charge in [0.2, 0.25) is 0 Å². The van der Waals surface area contributed by atoms with Crippen molar-refractivity contribution >= 4 is 11.8 Å². The second-order valence-corrected chi connectivity index (χ2v) is 10.1. The van der Waals surface area contributed by atoms with E-state index in [1.54, 1.807) is 25.3 Å². The second-order valence-electron chi connectivity index (χ2n) is 10.1. The lowest BCUT2D eigenvalue weighted by Crippen LogP contribution is -2.18. The van der Waals surface area contributed by atoms with Gasteiger partial charge in [-0.25, -0.2) is 4.79 Å². The molecule has 0 amide bonds. The Bertz CT molecular complexity index is 1330. The normalized spacial score (nSPS) is 17.3. The monoisotopic (exact) mass is 484 g/mol. The second kappa shape index (κ2) is 9.81. The zero-order valence-corrected chi connectivity index (χ0v) is 21.1. The average molecular weight is 485 g/mol. The Kier molecular flexibility index (Phi) is 6.57. The van der Waals surface area contributed by atoms with Gasteiger partial charge in [0.05, 0.1) is 12.7 Å². The Morgan fingerprint density at radius 2 is 1.78 bits per heavy atom. The molecule has 1 unspecified atom stereocenters. The number of hydrogen-bond acceptors (Lipinski definition) is 4. The summed E-state index contributed by atoms with van der Waals surface area (Å²) in [6, 6.07) is 14.8. The zero-order valence-electron chi connectivity index (χ0n) is 21.1. The molecule has 3 aromatic carbocycles. The molecule has 5 rings (SSSR count). The summed E-state index contributed by atoms with van der Waals surface area (Å²) < 4.78 is 11.8. The van der Waals surface area contributed by atoms with Crippen LogP contribution in [-0.4, -0.2) is 24.0 Å². The lowest BCUT2D eigenvalue weighted by Gasteiger charge is -2.16. The molecule has 0 saturated heterocycles. The van der Waals surface area contributed by atoms with Crippen LogP contribution in [0, 0.1) is 25.7 Å². The lowest BCUT2D eigenvalue weighted by atomic mass is 9.87. The van der Waals surface area contributed by atoms with E-state index in [0.29, 0.717) is 24.1 Å². The van der Waals surface area contributed by atoms with Crippen LogP contribution in [-0.2, 0) is 13.0 Å². The van der Waals surface area contributed by atoms with Gasteiger partial charge in [0.15, 0.2) is 5.78 Å². The third kappa shape index (κ3) is 4.39. The first kappa shape index (κ1) is 24.1. The Morgan fingerprint density at radius 3 is 2.50 bits per heavy atom. The first-order valence-electron chi connectivity index (χ1n) is 12.7. The molecule has 5 nitrogen and oxygen atoms in total. The number of carbonyl (C=O) groups is 2. The Balaban J connectivity index is 1.38. The maximum Gasteiger partial charge on any atom is 0.335 e. The summed E-state index contributed by atoms with van der Waals surface area (Å²) in [6.45, 7) is 4.44. The van der Waals surface area contributed by atoms with Gasteiger partial charge in [-0.15, -0.1) is 0 Å². The molecule has 5 heteroatoms. The standard InChI is InChI=1S/C31H32O5/c1-18-19(2)29-24(15-26(30(29)32)21-8-4-5-9-21)16-28(18)36-17-20-7-6-10-22(13-20)25-14-23(31(33)34)11-12-27(25)35-3/h6-7,10-14,16,21,26H,4-5,8-9,15,17H2,1-3H3,(H,33,34). The third-order valence-electron chi connectivity index (χ3n) is 8.00. The predicted octanol–water partition coefficient (Wildman–Crippen LogP) is 6.80. The van der Waals surface area contributed by atoms with Gasteiger partial charge >= 0.3 is 5.97 Å². The number of carboxylic acid groups (broad SMARTS) is 1. The number of fused-ring (bicyclic) bond motifs is 1. The largest absolute Gasteiger partial charge is 0.496 e. The van der Waals surface area contributed by atoms with Crippen LogP contribution in [0.5, 0.6) is 11.5 Å². The van der Waals surface area contributed by atoms with E-state index in [1.807, 2.05) is 38.1 Å². The van der Waals surface area contributed by atoms with Gasteiger partial charge in [0, 0.05) is 17.0 Å². The van der Waals surface area contributed by atoms with Crippen molar-refractivity contribution < 1.29 is 24.2 Å². The highest BCUT2D eigenvalue weighted by Crippen LogP contribution is 2.43. The van der Waals surface area contributed by atoms with Gasteiger partial charge in [0.25, 0.3) is 0 Å². The Morgan fingerprint density at radius 1 is 1.00 bits per heavy atom. The number of ether oxygens (including phenoxy) is 2. The summed E-state index contributed by atoms with van der Waals surface area (Å²) >= 11 is 0.